The van der Waals surface area contributed by atoms with Gasteiger partial charge in [0.2, 0.25) is 0 Å². The fraction of sp³-hybridized carbons (Fsp3) is 0.0588. The molecule has 0 N–H and O–H groups in total. The molecule has 0 radical (unpaired) electrons. The van der Waals surface area contributed by atoms with Crippen LogP contribution in [-0.4, -0.2) is 17.3 Å². The van der Waals surface area contributed by atoms with Crippen molar-refractivity contribution in [2.75, 3.05) is 7.11 Å². The van der Waals surface area contributed by atoms with E-state index in [-0.39, 0.29) is 0 Å². The third-order valence-corrected chi connectivity index (χ3v) is 3.50. The molecular weight excluding hydrogens is 286 g/mol. The summed E-state index contributed by atoms with van der Waals surface area (Å²) in [6.45, 7) is 0. The maximum atomic E-state index is 11.7. The molecule has 2 aromatic carbocycles. The minimum atomic E-state index is -0.496. The van der Waals surface area contributed by atoms with Crippen LogP contribution in [0.5, 0.6) is 5.75 Å². The molecule has 0 unspecified atom stereocenters. The third-order valence-electron chi connectivity index (χ3n) is 3.30. The molecule has 0 aliphatic heterocycles. The second kappa shape index (κ2) is 5.54. The van der Waals surface area contributed by atoms with E-state index in [1.165, 1.54) is 0 Å². The Hall–Kier alpha value is -2.39. The van der Waals surface area contributed by atoms with E-state index < -0.39 is 5.24 Å². The number of halogens is 1. The minimum Gasteiger partial charge on any atom is -0.497 e. The molecule has 0 fully saturated rings. The zero-order chi connectivity index (χ0) is 14.8. The molecule has 1 aromatic heterocycles. The Labute approximate surface area is 127 Å². The van der Waals surface area contributed by atoms with Crippen LogP contribution in [0.3, 0.4) is 0 Å². The second-order valence-electron chi connectivity index (χ2n) is 4.58. The van der Waals surface area contributed by atoms with E-state index in [2.05, 4.69) is 4.98 Å². The van der Waals surface area contributed by atoms with Gasteiger partial charge in [-0.25, -0.2) is 4.98 Å². The molecule has 21 heavy (non-hydrogen) atoms. The van der Waals surface area contributed by atoms with Gasteiger partial charge in [0.15, 0.2) is 0 Å². The van der Waals surface area contributed by atoms with Crippen molar-refractivity contribution in [3.63, 3.8) is 0 Å². The fourth-order valence-corrected chi connectivity index (χ4v) is 2.41. The Bertz CT molecular complexity index is 816. The predicted octanol–water partition coefficient (Wildman–Crippen LogP) is 4.29. The molecule has 0 saturated carbocycles. The van der Waals surface area contributed by atoms with Crippen LogP contribution in [-0.2, 0) is 0 Å². The van der Waals surface area contributed by atoms with Crippen LogP contribution in [0.1, 0.15) is 10.4 Å². The van der Waals surface area contributed by atoms with Gasteiger partial charge >= 0.3 is 0 Å². The Morgan fingerprint density at radius 2 is 1.86 bits per heavy atom. The average Bonchev–Trinajstić information content (AvgIpc) is 2.53. The van der Waals surface area contributed by atoms with Crippen molar-refractivity contribution in [3.8, 4) is 17.0 Å². The third kappa shape index (κ3) is 2.60. The van der Waals surface area contributed by atoms with Gasteiger partial charge < -0.3 is 4.74 Å². The number of nitrogens with zero attached hydrogens (tertiary/aromatic N) is 1. The lowest BCUT2D eigenvalue weighted by atomic mass is 10.0. The zero-order valence-electron chi connectivity index (χ0n) is 11.3. The van der Waals surface area contributed by atoms with E-state index in [1.54, 1.807) is 31.4 Å². The first kappa shape index (κ1) is 13.6. The summed E-state index contributed by atoms with van der Waals surface area (Å²) in [5.74, 6) is 0.688. The van der Waals surface area contributed by atoms with Gasteiger partial charge in [0.05, 0.1) is 18.3 Å². The summed E-state index contributed by atoms with van der Waals surface area (Å²) in [5, 5.41) is 0.222. The van der Waals surface area contributed by atoms with Crippen LogP contribution in [0.2, 0.25) is 0 Å². The lowest BCUT2D eigenvalue weighted by Gasteiger charge is -2.08. The molecule has 104 valence electrons. The summed E-state index contributed by atoms with van der Waals surface area (Å²) in [4.78, 5) is 16.3. The van der Waals surface area contributed by atoms with Gasteiger partial charge in [0.1, 0.15) is 5.75 Å². The highest BCUT2D eigenvalue weighted by atomic mass is 35.5. The van der Waals surface area contributed by atoms with Gasteiger partial charge in [-0.2, -0.15) is 0 Å². The molecular formula is C17H12ClNO2. The summed E-state index contributed by atoms with van der Waals surface area (Å²) in [6.07, 6.45) is 0. The normalized spacial score (nSPS) is 10.6. The van der Waals surface area contributed by atoms with Gasteiger partial charge in [-0.3, -0.25) is 4.79 Å². The highest BCUT2D eigenvalue weighted by Crippen LogP contribution is 2.28. The topological polar surface area (TPSA) is 39.2 Å². The minimum absolute atomic E-state index is 0.447. The fourth-order valence-electron chi connectivity index (χ4n) is 2.25. The lowest BCUT2D eigenvalue weighted by Crippen LogP contribution is -1.96. The van der Waals surface area contributed by atoms with E-state index >= 15 is 0 Å². The number of benzene rings is 2. The molecule has 0 amide bonds. The number of carbonyl (C=O) groups is 1. The number of aromatic nitrogens is 1. The van der Waals surface area contributed by atoms with Crippen molar-refractivity contribution >= 4 is 27.7 Å². The number of hydrogen-bond acceptors (Lipinski definition) is 3. The number of pyridine rings is 1. The first-order valence-corrected chi connectivity index (χ1v) is 6.81. The maximum absolute atomic E-state index is 11.7. The standard InChI is InChI=1S/C17H12ClNO2/c1-21-12-7-8-13-14(17(18)20)10-15(19-16(13)9-12)11-5-3-2-4-6-11/h2-10H,1H3. The lowest BCUT2D eigenvalue weighted by molar-refractivity contribution is 0.108. The maximum Gasteiger partial charge on any atom is 0.253 e. The molecule has 0 atom stereocenters. The number of carbonyl (C=O) groups excluding carboxylic acids is 1. The summed E-state index contributed by atoms with van der Waals surface area (Å²) in [6, 6.07) is 16.8. The van der Waals surface area contributed by atoms with Gasteiger partial charge in [0, 0.05) is 22.6 Å². The van der Waals surface area contributed by atoms with Gasteiger partial charge in [-0.15, -0.1) is 0 Å². The molecule has 0 aliphatic carbocycles. The van der Waals surface area contributed by atoms with Gasteiger partial charge in [-0.05, 0) is 29.8 Å². The summed E-state index contributed by atoms with van der Waals surface area (Å²) >= 11 is 5.72. The van der Waals surface area contributed by atoms with Gasteiger partial charge in [-0.1, -0.05) is 30.3 Å². The van der Waals surface area contributed by atoms with E-state index in [1.807, 2.05) is 30.3 Å². The number of rotatable bonds is 3. The SMILES string of the molecule is COc1ccc2c(C(=O)Cl)cc(-c3ccccc3)nc2c1. The van der Waals surface area contributed by atoms with E-state index in [0.717, 1.165) is 10.9 Å². The van der Waals surface area contributed by atoms with Crippen molar-refractivity contribution in [2.24, 2.45) is 0 Å². The monoisotopic (exact) mass is 297 g/mol. The van der Waals surface area contributed by atoms with E-state index in [4.69, 9.17) is 16.3 Å². The first-order chi connectivity index (χ1) is 10.2. The zero-order valence-corrected chi connectivity index (χ0v) is 12.1. The highest BCUT2D eigenvalue weighted by molar-refractivity contribution is 6.68. The molecule has 1 heterocycles. The van der Waals surface area contributed by atoms with E-state index in [0.29, 0.717) is 22.5 Å². The summed E-state index contributed by atoms with van der Waals surface area (Å²) < 4.78 is 5.21. The number of hydrogen-bond donors (Lipinski definition) is 0. The van der Waals surface area contributed by atoms with Crippen molar-refractivity contribution in [1.29, 1.82) is 0 Å². The Kier molecular flexibility index (Phi) is 3.59. The van der Waals surface area contributed by atoms with Crippen LogP contribution in [0.15, 0.2) is 54.6 Å². The van der Waals surface area contributed by atoms with Crippen LogP contribution in [0.4, 0.5) is 0 Å². The van der Waals surface area contributed by atoms with Crippen molar-refractivity contribution in [3.05, 3.63) is 60.2 Å². The smallest absolute Gasteiger partial charge is 0.253 e. The Morgan fingerprint density at radius 3 is 2.52 bits per heavy atom. The largest absolute Gasteiger partial charge is 0.497 e. The molecule has 3 aromatic rings. The predicted molar refractivity (Wildman–Crippen MR) is 83.9 cm³/mol. The second-order valence-corrected chi connectivity index (χ2v) is 4.92. The molecule has 0 spiro atoms. The van der Waals surface area contributed by atoms with Crippen molar-refractivity contribution < 1.29 is 9.53 Å². The molecule has 4 heteroatoms. The first-order valence-electron chi connectivity index (χ1n) is 6.43. The van der Waals surface area contributed by atoms with Crippen molar-refractivity contribution in [2.45, 2.75) is 0 Å². The Morgan fingerprint density at radius 1 is 1.10 bits per heavy atom. The highest BCUT2D eigenvalue weighted by Gasteiger charge is 2.12. The number of ether oxygens (including phenoxy) is 1. The molecule has 0 saturated heterocycles. The van der Waals surface area contributed by atoms with Crippen LogP contribution in [0.25, 0.3) is 22.2 Å². The molecule has 0 bridgehead atoms. The Balaban J connectivity index is 2.30. The van der Waals surface area contributed by atoms with Crippen LogP contribution >= 0.6 is 11.6 Å². The van der Waals surface area contributed by atoms with Gasteiger partial charge in [0.25, 0.3) is 5.24 Å². The molecule has 0 aliphatic rings. The summed E-state index contributed by atoms with van der Waals surface area (Å²) in [5.41, 5.74) is 2.77. The van der Waals surface area contributed by atoms with E-state index in [9.17, 15) is 4.79 Å². The average molecular weight is 298 g/mol. The summed E-state index contributed by atoms with van der Waals surface area (Å²) in [7, 11) is 1.59. The van der Waals surface area contributed by atoms with Crippen molar-refractivity contribution in [1.82, 2.24) is 4.98 Å². The van der Waals surface area contributed by atoms with Crippen LogP contribution in [0, 0.1) is 0 Å². The quantitative estimate of drug-likeness (QED) is 0.677. The molecule has 3 nitrogen and oxygen atoms in total. The number of methoxy groups -OCH3 is 1. The molecule has 3 rings (SSSR count). The number of fused-ring (bicyclic) bond motifs is 1. The van der Waals surface area contributed by atoms with Crippen LogP contribution < -0.4 is 4.74 Å².